The highest BCUT2D eigenvalue weighted by Gasteiger charge is 2.20. The van der Waals surface area contributed by atoms with Crippen LogP contribution in [0.1, 0.15) is 29.1 Å². The van der Waals surface area contributed by atoms with Crippen molar-refractivity contribution < 1.29 is 9.90 Å². The third kappa shape index (κ3) is 3.22. The van der Waals surface area contributed by atoms with Gasteiger partial charge in [0.05, 0.1) is 12.1 Å². The smallest absolute Gasteiger partial charge is 0.270 e. The molecule has 1 amide bonds. The van der Waals surface area contributed by atoms with Crippen LogP contribution in [0, 0.1) is 0 Å². The molecule has 2 N–H and O–H groups in total. The van der Waals surface area contributed by atoms with Crippen LogP contribution in [0.4, 0.5) is 0 Å². The van der Waals surface area contributed by atoms with Gasteiger partial charge in [0.25, 0.3) is 5.91 Å². The molecule has 0 aliphatic rings. The Kier molecular flexibility index (Phi) is 4.35. The average molecular weight is 306 g/mol. The SMILES string of the molecule is C[C@@H](NC(=O)c1nccc2ccccc12)[C@@H](O)c1ccccc1. The normalized spacial score (nSPS) is 13.5. The van der Waals surface area contributed by atoms with Crippen LogP contribution in [-0.2, 0) is 0 Å². The molecule has 0 fully saturated rings. The van der Waals surface area contributed by atoms with Crippen LogP contribution in [-0.4, -0.2) is 22.0 Å². The van der Waals surface area contributed by atoms with E-state index in [2.05, 4.69) is 10.3 Å². The van der Waals surface area contributed by atoms with Crippen molar-refractivity contribution in [2.75, 3.05) is 0 Å². The Balaban J connectivity index is 1.81. The van der Waals surface area contributed by atoms with Gasteiger partial charge in [-0.1, -0.05) is 54.6 Å². The summed E-state index contributed by atoms with van der Waals surface area (Å²) in [5.41, 5.74) is 1.14. The van der Waals surface area contributed by atoms with Gasteiger partial charge in [0, 0.05) is 11.6 Å². The number of rotatable bonds is 4. The second-order valence-corrected chi connectivity index (χ2v) is 5.50. The Labute approximate surface area is 134 Å². The number of aromatic nitrogens is 1. The molecular weight excluding hydrogens is 288 g/mol. The van der Waals surface area contributed by atoms with Gasteiger partial charge in [0.15, 0.2) is 0 Å². The summed E-state index contributed by atoms with van der Waals surface area (Å²) in [6.45, 7) is 1.78. The summed E-state index contributed by atoms with van der Waals surface area (Å²) in [5.74, 6) is -0.288. The Morgan fingerprint density at radius 1 is 1.04 bits per heavy atom. The first kappa shape index (κ1) is 15.2. The molecule has 2 atom stereocenters. The van der Waals surface area contributed by atoms with Crippen LogP contribution in [0.3, 0.4) is 0 Å². The Hall–Kier alpha value is -2.72. The van der Waals surface area contributed by atoms with Crippen molar-refractivity contribution in [3.63, 3.8) is 0 Å². The molecule has 0 bridgehead atoms. The standard InChI is InChI=1S/C19H18N2O2/c1-13(18(22)15-8-3-2-4-9-15)21-19(23)17-16-10-6-5-7-14(16)11-12-20-17/h2-13,18,22H,1H3,(H,21,23)/t13-,18-/m1/s1. The van der Waals surface area contributed by atoms with Gasteiger partial charge in [0.2, 0.25) is 0 Å². The first-order chi connectivity index (χ1) is 11.2. The van der Waals surface area contributed by atoms with Crippen molar-refractivity contribution >= 4 is 16.7 Å². The van der Waals surface area contributed by atoms with Crippen molar-refractivity contribution in [3.8, 4) is 0 Å². The molecule has 4 heteroatoms. The minimum absolute atomic E-state index is 0.288. The summed E-state index contributed by atoms with van der Waals surface area (Å²) in [6.07, 6.45) is 0.852. The summed E-state index contributed by atoms with van der Waals surface area (Å²) >= 11 is 0. The van der Waals surface area contributed by atoms with Gasteiger partial charge in [-0.15, -0.1) is 0 Å². The molecule has 1 aromatic heterocycles. The number of pyridine rings is 1. The summed E-state index contributed by atoms with van der Waals surface area (Å²) in [5, 5.41) is 15.0. The Morgan fingerprint density at radius 2 is 1.74 bits per heavy atom. The van der Waals surface area contributed by atoms with Crippen LogP contribution in [0.5, 0.6) is 0 Å². The van der Waals surface area contributed by atoms with Crippen molar-refractivity contribution in [3.05, 3.63) is 78.1 Å². The van der Waals surface area contributed by atoms with Crippen molar-refractivity contribution in [1.82, 2.24) is 10.3 Å². The third-order valence-corrected chi connectivity index (χ3v) is 3.86. The van der Waals surface area contributed by atoms with E-state index in [0.29, 0.717) is 5.69 Å². The summed E-state index contributed by atoms with van der Waals surface area (Å²) in [4.78, 5) is 16.7. The monoisotopic (exact) mass is 306 g/mol. The van der Waals surface area contributed by atoms with Crippen LogP contribution >= 0.6 is 0 Å². The van der Waals surface area contributed by atoms with E-state index in [1.54, 1.807) is 13.1 Å². The molecule has 2 aromatic carbocycles. The number of nitrogens with zero attached hydrogens (tertiary/aromatic N) is 1. The van der Waals surface area contributed by atoms with E-state index in [0.717, 1.165) is 16.3 Å². The first-order valence-electron chi connectivity index (χ1n) is 7.54. The predicted octanol–water partition coefficient (Wildman–Crippen LogP) is 3.09. The largest absolute Gasteiger partial charge is 0.386 e. The molecule has 3 rings (SSSR count). The number of aliphatic hydroxyl groups excluding tert-OH is 1. The van der Waals surface area contributed by atoms with Crippen LogP contribution in [0.15, 0.2) is 66.9 Å². The zero-order valence-corrected chi connectivity index (χ0v) is 12.8. The van der Waals surface area contributed by atoms with Gasteiger partial charge in [-0.05, 0) is 23.9 Å². The number of hydrogen-bond donors (Lipinski definition) is 2. The predicted molar refractivity (Wildman–Crippen MR) is 90.1 cm³/mol. The maximum atomic E-state index is 12.5. The van der Waals surface area contributed by atoms with E-state index in [-0.39, 0.29) is 5.91 Å². The fourth-order valence-corrected chi connectivity index (χ4v) is 2.59. The molecule has 0 saturated heterocycles. The number of hydrogen-bond acceptors (Lipinski definition) is 3. The average Bonchev–Trinajstić information content (AvgIpc) is 2.61. The molecule has 23 heavy (non-hydrogen) atoms. The lowest BCUT2D eigenvalue weighted by molar-refractivity contribution is 0.0849. The van der Waals surface area contributed by atoms with E-state index in [9.17, 15) is 9.90 Å². The molecule has 4 nitrogen and oxygen atoms in total. The summed E-state index contributed by atoms with van der Waals surface area (Å²) in [7, 11) is 0. The highest BCUT2D eigenvalue weighted by molar-refractivity contribution is 6.05. The molecule has 0 unspecified atom stereocenters. The molecule has 0 aliphatic carbocycles. The minimum atomic E-state index is -0.768. The maximum Gasteiger partial charge on any atom is 0.270 e. The number of carbonyl (C=O) groups excluding carboxylic acids is 1. The number of fused-ring (bicyclic) bond motifs is 1. The molecule has 116 valence electrons. The van der Waals surface area contributed by atoms with Crippen molar-refractivity contribution in [1.29, 1.82) is 0 Å². The quantitative estimate of drug-likeness (QED) is 0.778. The third-order valence-electron chi connectivity index (χ3n) is 3.86. The fraction of sp³-hybridized carbons (Fsp3) is 0.158. The van der Waals surface area contributed by atoms with Gasteiger partial charge >= 0.3 is 0 Å². The maximum absolute atomic E-state index is 12.5. The fourth-order valence-electron chi connectivity index (χ4n) is 2.59. The van der Waals surface area contributed by atoms with Crippen LogP contribution in [0.2, 0.25) is 0 Å². The van der Waals surface area contributed by atoms with Crippen LogP contribution < -0.4 is 5.32 Å². The summed E-state index contributed by atoms with van der Waals surface area (Å²) < 4.78 is 0. The van der Waals surface area contributed by atoms with Gasteiger partial charge in [-0.25, -0.2) is 0 Å². The van der Waals surface area contributed by atoms with Crippen molar-refractivity contribution in [2.45, 2.75) is 19.1 Å². The molecule has 0 aliphatic heterocycles. The molecule has 0 saturated carbocycles. The van der Waals surface area contributed by atoms with E-state index >= 15 is 0 Å². The zero-order valence-electron chi connectivity index (χ0n) is 12.8. The highest BCUT2D eigenvalue weighted by Crippen LogP contribution is 2.19. The van der Waals surface area contributed by atoms with E-state index in [1.165, 1.54) is 0 Å². The van der Waals surface area contributed by atoms with E-state index in [4.69, 9.17) is 0 Å². The lowest BCUT2D eigenvalue weighted by atomic mass is 10.0. The number of aliphatic hydroxyl groups is 1. The number of amides is 1. The second kappa shape index (κ2) is 6.58. The lowest BCUT2D eigenvalue weighted by Gasteiger charge is -2.20. The van der Waals surface area contributed by atoms with Crippen molar-refractivity contribution in [2.24, 2.45) is 0 Å². The molecular formula is C19H18N2O2. The molecule has 0 radical (unpaired) electrons. The van der Waals surface area contributed by atoms with Gasteiger partial charge in [-0.2, -0.15) is 0 Å². The summed E-state index contributed by atoms with van der Waals surface area (Å²) in [6, 6.07) is 18.3. The topological polar surface area (TPSA) is 62.2 Å². The molecule has 3 aromatic rings. The molecule has 0 spiro atoms. The lowest BCUT2D eigenvalue weighted by Crippen LogP contribution is -2.37. The minimum Gasteiger partial charge on any atom is -0.386 e. The Bertz CT molecular complexity index is 812. The molecule has 1 heterocycles. The number of benzene rings is 2. The van der Waals surface area contributed by atoms with E-state index in [1.807, 2.05) is 60.7 Å². The highest BCUT2D eigenvalue weighted by atomic mass is 16.3. The van der Waals surface area contributed by atoms with Crippen LogP contribution in [0.25, 0.3) is 10.8 Å². The number of nitrogens with one attached hydrogen (secondary N) is 1. The van der Waals surface area contributed by atoms with E-state index < -0.39 is 12.1 Å². The number of carbonyl (C=O) groups is 1. The second-order valence-electron chi connectivity index (χ2n) is 5.50. The zero-order chi connectivity index (χ0) is 16.2. The van der Waals surface area contributed by atoms with Gasteiger partial charge in [-0.3, -0.25) is 9.78 Å². The van der Waals surface area contributed by atoms with Gasteiger partial charge in [0.1, 0.15) is 5.69 Å². The Morgan fingerprint density at radius 3 is 2.52 bits per heavy atom. The first-order valence-corrected chi connectivity index (χ1v) is 7.54. The van der Waals surface area contributed by atoms with Gasteiger partial charge < -0.3 is 10.4 Å².